The quantitative estimate of drug-likeness (QED) is 0.598. The number of benzene rings is 2. The SMILES string of the molecule is COc1ccc(OC)c(NC2=C(c3cccs3)C(=O)N(c3ccc(F)cc3)C2=O)c1. The molecule has 0 bridgehead atoms. The van der Waals surface area contributed by atoms with E-state index in [-0.39, 0.29) is 17.0 Å². The lowest BCUT2D eigenvalue weighted by Gasteiger charge is -2.16. The maximum atomic E-state index is 13.4. The van der Waals surface area contributed by atoms with Crippen LogP contribution in [0.4, 0.5) is 15.8 Å². The molecule has 0 atom stereocenters. The Kier molecular flexibility index (Phi) is 5.24. The monoisotopic (exact) mass is 424 g/mol. The van der Waals surface area contributed by atoms with Crippen molar-refractivity contribution >= 4 is 40.1 Å². The molecule has 0 saturated heterocycles. The largest absolute Gasteiger partial charge is 0.497 e. The summed E-state index contributed by atoms with van der Waals surface area (Å²) < 4.78 is 24.0. The predicted molar refractivity (Wildman–Crippen MR) is 113 cm³/mol. The molecule has 0 aliphatic carbocycles. The average Bonchev–Trinajstić information content (AvgIpc) is 3.36. The van der Waals surface area contributed by atoms with Crippen LogP contribution in [0.15, 0.2) is 65.7 Å². The van der Waals surface area contributed by atoms with E-state index in [4.69, 9.17) is 9.47 Å². The summed E-state index contributed by atoms with van der Waals surface area (Å²) in [5.41, 5.74) is 1.11. The van der Waals surface area contributed by atoms with Gasteiger partial charge in [0.15, 0.2) is 0 Å². The zero-order valence-electron chi connectivity index (χ0n) is 16.1. The van der Waals surface area contributed by atoms with Crippen LogP contribution in [0.5, 0.6) is 11.5 Å². The molecule has 0 unspecified atom stereocenters. The zero-order chi connectivity index (χ0) is 21.3. The Hall–Kier alpha value is -3.65. The predicted octanol–water partition coefficient (Wildman–Crippen LogP) is 4.30. The lowest BCUT2D eigenvalue weighted by molar-refractivity contribution is -0.120. The molecule has 2 amide bonds. The normalized spacial score (nSPS) is 13.8. The summed E-state index contributed by atoms with van der Waals surface area (Å²) in [4.78, 5) is 28.2. The van der Waals surface area contributed by atoms with Gasteiger partial charge in [0.1, 0.15) is 23.0 Å². The third-order valence-corrected chi connectivity index (χ3v) is 5.49. The first-order valence-corrected chi connectivity index (χ1v) is 9.83. The fraction of sp³-hybridized carbons (Fsp3) is 0.0909. The van der Waals surface area contributed by atoms with Crippen LogP contribution in [0.2, 0.25) is 0 Å². The minimum Gasteiger partial charge on any atom is -0.497 e. The van der Waals surface area contributed by atoms with Crippen molar-refractivity contribution in [1.82, 2.24) is 0 Å². The van der Waals surface area contributed by atoms with Crippen molar-refractivity contribution < 1.29 is 23.5 Å². The number of carbonyl (C=O) groups excluding carboxylic acids is 2. The Balaban J connectivity index is 1.81. The standard InChI is InChI=1S/C22H17FN2O4S/c1-28-15-9-10-17(29-2)16(12-15)24-20-19(18-4-3-11-30-18)21(26)25(22(20)27)14-7-5-13(23)6-8-14/h3-12,24H,1-2H3. The van der Waals surface area contributed by atoms with Crippen molar-refractivity contribution in [3.05, 3.63) is 76.4 Å². The van der Waals surface area contributed by atoms with E-state index >= 15 is 0 Å². The smallest absolute Gasteiger partial charge is 0.282 e. The number of imide groups is 1. The van der Waals surface area contributed by atoms with Crippen LogP contribution in [0, 0.1) is 5.82 Å². The van der Waals surface area contributed by atoms with Gasteiger partial charge in [-0.15, -0.1) is 11.3 Å². The van der Waals surface area contributed by atoms with Crippen molar-refractivity contribution in [2.75, 3.05) is 24.4 Å². The number of ether oxygens (including phenoxy) is 2. The van der Waals surface area contributed by atoms with Crippen molar-refractivity contribution in [2.45, 2.75) is 0 Å². The molecule has 0 fully saturated rings. The molecule has 6 nitrogen and oxygen atoms in total. The number of nitrogens with one attached hydrogen (secondary N) is 1. The summed E-state index contributed by atoms with van der Waals surface area (Å²) in [5.74, 6) is -0.444. The van der Waals surface area contributed by atoms with E-state index in [1.807, 2.05) is 5.38 Å². The maximum Gasteiger partial charge on any atom is 0.282 e. The van der Waals surface area contributed by atoms with Crippen molar-refractivity contribution in [2.24, 2.45) is 0 Å². The Morgan fingerprint density at radius 1 is 0.967 bits per heavy atom. The number of methoxy groups -OCH3 is 2. The number of rotatable bonds is 6. The topological polar surface area (TPSA) is 67.9 Å². The second-order valence-corrected chi connectivity index (χ2v) is 7.29. The molecule has 1 N–H and O–H groups in total. The van der Waals surface area contributed by atoms with Gasteiger partial charge < -0.3 is 14.8 Å². The van der Waals surface area contributed by atoms with Crippen molar-refractivity contribution in [3.63, 3.8) is 0 Å². The first-order valence-electron chi connectivity index (χ1n) is 8.95. The average molecular weight is 424 g/mol. The Bertz CT molecular complexity index is 1140. The summed E-state index contributed by atoms with van der Waals surface area (Å²) in [6.45, 7) is 0. The van der Waals surface area contributed by atoms with Gasteiger partial charge in [0.05, 0.1) is 31.2 Å². The van der Waals surface area contributed by atoms with Crippen molar-refractivity contribution in [3.8, 4) is 11.5 Å². The lowest BCUT2D eigenvalue weighted by Crippen LogP contribution is -2.32. The number of amides is 2. The number of hydrogen-bond donors (Lipinski definition) is 1. The van der Waals surface area contributed by atoms with Gasteiger partial charge >= 0.3 is 0 Å². The Morgan fingerprint density at radius 2 is 1.73 bits per heavy atom. The number of carbonyl (C=O) groups is 2. The molecule has 4 rings (SSSR count). The van der Waals surface area contributed by atoms with Gasteiger partial charge in [-0.25, -0.2) is 9.29 Å². The third-order valence-electron chi connectivity index (χ3n) is 4.60. The Morgan fingerprint density at radius 3 is 2.37 bits per heavy atom. The molecule has 1 aromatic heterocycles. The highest BCUT2D eigenvalue weighted by Gasteiger charge is 2.41. The molecule has 1 aliphatic rings. The molecule has 2 heterocycles. The molecule has 0 spiro atoms. The third kappa shape index (κ3) is 3.42. The summed E-state index contributed by atoms with van der Waals surface area (Å²) >= 11 is 1.34. The molecule has 30 heavy (non-hydrogen) atoms. The lowest BCUT2D eigenvalue weighted by atomic mass is 10.1. The highest BCUT2D eigenvalue weighted by Crippen LogP contribution is 2.38. The number of thiophene rings is 1. The van der Waals surface area contributed by atoms with E-state index in [1.165, 1.54) is 49.8 Å². The Labute approximate surface area is 176 Å². The van der Waals surface area contributed by atoms with Gasteiger partial charge in [0.25, 0.3) is 11.8 Å². The minimum absolute atomic E-state index is 0.110. The molecule has 3 aromatic rings. The highest BCUT2D eigenvalue weighted by atomic mass is 32.1. The van der Waals surface area contributed by atoms with Gasteiger partial charge in [-0.1, -0.05) is 6.07 Å². The van der Waals surface area contributed by atoms with Crippen LogP contribution in [0.1, 0.15) is 4.88 Å². The fourth-order valence-electron chi connectivity index (χ4n) is 3.17. The summed E-state index contributed by atoms with van der Waals surface area (Å²) in [7, 11) is 3.04. The van der Waals surface area contributed by atoms with Gasteiger partial charge in [-0.05, 0) is 47.8 Å². The van der Waals surface area contributed by atoms with E-state index in [2.05, 4.69) is 5.32 Å². The van der Waals surface area contributed by atoms with Gasteiger partial charge in [0.2, 0.25) is 0 Å². The van der Waals surface area contributed by atoms with Crippen LogP contribution in [0.3, 0.4) is 0 Å². The molecule has 0 saturated carbocycles. The molecule has 152 valence electrons. The second-order valence-electron chi connectivity index (χ2n) is 6.34. The van der Waals surface area contributed by atoms with Crippen LogP contribution in [-0.4, -0.2) is 26.0 Å². The number of nitrogens with zero attached hydrogens (tertiary/aromatic N) is 1. The summed E-state index contributed by atoms with van der Waals surface area (Å²) in [6.07, 6.45) is 0. The molecule has 0 radical (unpaired) electrons. The fourth-order valence-corrected chi connectivity index (χ4v) is 3.93. The van der Waals surface area contributed by atoms with Gasteiger partial charge in [-0.2, -0.15) is 0 Å². The van der Waals surface area contributed by atoms with Crippen LogP contribution in [-0.2, 0) is 9.59 Å². The first kappa shape index (κ1) is 19.7. The van der Waals surface area contributed by atoms with Gasteiger partial charge in [0, 0.05) is 10.9 Å². The van der Waals surface area contributed by atoms with E-state index in [9.17, 15) is 14.0 Å². The number of anilines is 2. The number of halogens is 1. The maximum absolute atomic E-state index is 13.4. The van der Waals surface area contributed by atoms with E-state index in [0.717, 1.165) is 4.90 Å². The van der Waals surface area contributed by atoms with Crippen LogP contribution >= 0.6 is 11.3 Å². The van der Waals surface area contributed by atoms with E-state index in [0.29, 0.717) is 22.1 Å². The number of hydrogen-bond acceptors (Lipinski definition) is 6. The summed E-state index contributed by atoms with van der Waals surface area (Å²) in [5, 5.41) is 4.88. The molecular formula is C22H17FN2O4S. The first-order chi connectivity index (χ1) is 14.5. The molecule has 8 heteroatoms. The van der Waals surface area contributed by atoms with E-state index in [1.54, 1.807) is 30.3 Å². The van der Waals surface area contributed by atoms with Crippen LogP contribution < -0.4 is 19.7 Å². The van der Waals surface area contributed by atoms with Gasteiger partial charge in [-0.3, -0.25) is 9.59 Å². The molecule has 1 aliphatic heterocycles. The molecule has 2 aromatic carbocycles. The van der Waals surface area contributed by atoms with Crippen molar-refractivity contribution in [1.29, 1.82) is 0 Å². The second kappa shape index (κ2) is 8.00. The van der Waals surface area contributed by atoms with E-state index < -0.39 is 17.6 Å². The highest BCUT2D eigenvalue weighted by molar-refractivity contribution is 7.11. The molecular weight excluding hydrogens is 407 g/mol. The zero-order valence-corrected chi connectivity index (χ0v) is 17.0. The summed E-state index contributed by atoms with van der Waals surface area (Å²) in [6, 6.07) is 13.9. The minimum atomic E-state index is -0.542. The van der Waals surface area contributed by atoms with Crippen LogP contribution in [0.25, 0.3) is 5.57 Å².